The van der Waals surface area contributed by atoms with Gasteiger partial charge in [0, 0.05) is 34.1 Å². The molecule has 6 heteroatoms. The van der Waals surface area contributed by atoms with Crippen LogP contribution < -0.4 is 9.47 Å². The highest BCUT2D eigenvalue weighted by Crippen LogP contribution is 2.64. The van der Waals surface area contributed by atoms with Gasteiger partial charge in [-0.3, -0.25) is 0 Å². The summed E-state index contributed by atoms with van der Waals surface area (Å²) in [6, 6.07) is 6.14. The standard InChI is InChI=1S/C29H34O6/c1-7-22(30)34-18(4)15-32-27-21-11-9-10-17(3)24(21)28(33-16-19(5)35-23(31)8-2)25-20-12-13-29(6,14-20)26(25)27/h7-11,18-20H,1-2,12-16H2,3-6H3. The molecule has 0 saturated heterocycles. The van der Waals surface area contributed by atoms with E-state index >= 15 is 0 Å². The highest BCUT2D eigenvalue weighted by Gasteiger charge is 2.50. The van der Waals surface area contributed by atoms with Crippen LogP contribution in [0.15, 0.2) is 43.5 Å². The Morgan fingerprint density at radius 2 is 1.66 bits per heavy atom. The summed E-state index contributed by atoms with van der Waals surface area (Å²) < 4.78 is 23.6. The molecule has 0 aliphatic heterocycles. The van der Waals surface area contributed by atoms with Gasteiger partial charge in [0.2, 0.25) is 0 Å². The van der Waals surface area contributed by atoms with Crippen LogP contribution in [0.1, 0.15) is 62.6 Å². The fraction of sp³-hybridized carbons (Fsp3) is 0.448. The average molecular weight is 479 g/mol. The van der Waals surface area contributed by atoms with Crippen LogP contribution in [0.2, 0.25) is 0 Å². The molecule has 0 heterocycles. The lowest BCUT2D eigenvalue weighted by molar-refractivity contribution is -0.144. The summed E-state index contributed by atoms with van der Waals surface area (Å²) in [5.41, 5.74) is 3.47. The average Bonchev–Trinajstić information content (AvgIpc) is 3.35. The van der Waals surface area contributed by atoms with Crippen molar-refractivity contribution in [3.8, 4) is 11.5 Å². The zero-order valence-corrected chi connectivity index (χ0v) is 21.0. The minimum Gasteiger partial charge on any atom is -0.489 e. The Morgan fingerprint density at radius 1 is 1.06 bits per heavy atom. The molecule has 6 nitrogen and oxygen atoms in total. The van der Waals surface area contributed by atoms with Gasteiger partial charge in [0.05, 0.1) is 0 Å². The number of hydrogen-bond donors (Lipinski definition) is 0. The third-order valence-electron chi connectivity index (χ3n) is 7.13. The van der Waals surface area contributed by atoms with E-state index in [1.807, 2.05) is 19.9 Å². The predicted octanol–water partition coefficient (Wildman–Crippen LogP) is 5.68. The third kappa shape index (κ3) is 4.66. The number of hydrogen-bond acceptors (Lipinski definition) is 6. The second-order valence-electron chi connectivity index (χ2n) is 9.97. The van der Waals surface area contributed by atoms with E-state index in [1.54, 1.807) is 0 Å². The van der Waals surface area contributed by atoms with Crippen molar-refractivity contribution in [1.82, 2.24) is 0 Å². The number of esters is 2. The first-order valence-corrected chi connectivity index (χ1v) is 12.2. The molecule has 1 fully saturated rings. The van der Waals surface area contributed by atoms with Crippen LogP contribution in [0.3, 0.4) is 0 Å². The number of carbonyl (C=O) groups excluding carboxylic acids is 2. The van der Waals surface area contributed by atoms with Crippen molar-refractivity contribution in [3.05, 3.63) is 60.2 Å². The van der Waals surface area contributed by atoms with E-state index in [4.69, 9.17) is 18.9 Å². The molecule has 35 heavy (non-hydrogen) atoms. The van der Waals surface area contributed by atoms with Crippen LogP contribution in [0.5, 0.6) is 11.5 Å². The summed E-state index contributed by atoms with van der Waals surface area (Å²) in [5, 5.41) is 1.99. The van der Waals surface area contributed by atoms with Gasteiger partial charge >= 0.3 is 11.9 Å². The lowest BCUT2D eigenvalue weighted by atomic mass is 9.78. The number of ether oxygens (including phenoxy) is 4. The minimum atomic E-state index is -0.465. The molecule has 2 bridgehead atoms. The molecule has 1 saturated carbocycles. The van der Waals surface area contributed by atoms with Crippen LogP contribution in [-0.4, -0.2) is 37.4 Å². The molecule has 4 atom stereocenters. The Balaban J connectivity index is 1.77. The van der Waals surface area contributed by atoms with Gasteiger partial charge in [-0.2, -0.15) is 0 Å². The van der Waals surface area contributed by atoms with Crippen LogP contribution in [0, 0.1) is 6.92 Å². The quantitative estimate of drug-likeness (QED) is 0.323. The first-order chi connectivity index (χ1) is 16.7. The molecule has 2 aromatic carbocycles. The summed E-state index contributed by atoms with van der Waals surface area (Å²) in [6.45, 7) is 15.4. The third-order valence-corrected chi connectivity index (χ3v) is 7.13. The van der Waals surface area contributed by atoms with Crippen molar-refractivity contribution in [2.45, 2.75) is 70.5 Å². The largest absolute Gasteiger partial charge is 0.489 e. The predicted molar refractivity (Wildman–Crippen MR) is 135 cm³/mol. The zero-order chi connectivity index (χ0) is 25.3. The normalized spacial score (nSPS) is 21.7. The number of benzene rings is 2. The number of rotatable bonds is 10. The summed E-state index contributed by atoms with van der Waals surface area (Å²) in [6.07, 6.45) is 4.72. The van der Waals surface area contributed by atoms with Gasteiger partial charge in [0.1, 0.15) is 36.9 Å². The molecule has 0 amide bonds. The maximum absolute atomic E-state index is 11.6. The Kier molecular flexibility index (Phi) is 6.93. The van der Waals surface area contributed by atoms with Crippen molar-refractivity contribution in [3.63, 3.8) is 0 Å². The van der Waals surface area contributed by atoms with Gasteiger partial charge in [-0.05, 0) is 56.9 Å². The van der Waals surface area contributed by atoms with Crippen molar-refractivity contribution in [2.75, 3.05) is 13.2 Å². The fourth-order valence-electron chi connectivity index (χ4n) is 5.63. The maximum atomic E-state index is 11.6. The van der Waals surface area contributed by atoms with Crippen molar-refractivity contribution in [1.29, 1.82) is 0 Å². The molecule has 0 N–H and O–H groups in total. The lowest BCUT2D eigenvalue weighted by Crippen LogP contribution is -2.24. The fourth-order valence-corrected chi connectivity index (χ4v) is 5.63. The topological polar surface area (TPSA) is 71.1 Å². The van der Waals surface area contributed by atoms with Crippen LogP contribution >= 0.6 is 0 Å². The Bertz CT molecular complexity index is 1180. The summed E-state index contributed by atoms with van der Waals surface area (Å²) in [4.78, 5) is 23.3. The van der Waals surface area contributed by atoms with Crippen molar-refractivity contribution in [2.24, 2.45) is 0 Å². The Morgan fingerprint density at radius 3 is 2.26 bits per heavy atom. The smallest absolute Gasteiger partial charge is 0.330 e. The van der Waals surface area contributed by atoms with Gasteiger partial charge in [0.25, 0.3) is 0 Å². The van der Waals surface area contributed by atoms with E-state index in [-0.39, 0.29) is 18.6 Å². The summed E-state index contributed by atoms with van der Waals surface area (Å²) in [5.74, 6) is 1.17. The molecule has 4 rings (SSSR count). The second-order valence-corrected chi connectivity index (χ2v) is 9.97. The zero-order valence-electron chi connectivity index (χ0n) is 21.0. The molecular weight excluding hydrogens is 444 g/mol. The number of fused-ring (bicyclic) bond motifs is 6. The van der Waals surface area contributed by atoms with Crippen LogP contribution in [-0.2, 0) is 24.5 Å². The van der Waals surface area contributed by atoms with E-state index in [0.29, 0.717) is 5.92 Å². The van der Waals surface area contributed by atoms with E-state index in [9.17, 15) is 9.59 Å². The maximum Gasteiger partial charge on any atom is 0.330 e. The first kappa shape index (κ1) is 24.8. The van der Waals surface area contributed by atoms with Gasteiger partial charge in [-0.15, -0.1) is 0 Å². The van der Waals surface area contributed by atoms with Gasteiger partial charge in [0.15, 0.2) is 0 Å². The van der Waals surface area contributed by atoms with Gasteiger partial charge in [-0.1, -0.05) is 38.3 Å². The molecule has 4 unspecified atom stereocenters. The Hall–Kier alpha value is -3.28. The molecular formula is C29H34O6. The summed E-state index contributed by atoms with van der Waals surface area (Å²) >= 11 is 0. The van der Waals surface area contributed by atoms with E-state index < -0.39 is 24.1 Å². The van der Waals surface area contributed by atoms with E-state index in [1.165, 1.54) is 11.1 Å². The molecule has 0 aromatic heterocycles. The van der Waals surface area contributed by atoms with Gasteiger partial charge in [-0.25, -0.2) is 9.59 Å². The second kappa shape index (κ2) is 9.76. The molecule has 2 aliphatic carbocycles. The van der Waals surface area contributed by atoms with Crippen LogP contribution in [0.25, 0.3) is 10.8 Å². The van der Waals surface area contributed by atoms with Crippen molar-refractivity contribution >= 4 is 22.7 Å². The van der Waals surface area contributed by atoms with Crippen molar-refractivity contribution < 1.29 is 28.5 Å². The number of carbonyl (C=O) groups is 2. The number of aryl methyl sites for hydroxylation is 1. The first-order valence-electron chi connectivity index (χ1n) is 12.2. The SMILES string of the molecule is C=CC(=O)OC(C)COc1c2c(c(OCC(C)OC(=O)C=C)c3c(C)cccc13)C1CCC2(C)C1. The molecule has 0 radical (unpaired) electrons. The lowest BCUT2D eigenvalue weighted by Gasteiger charge is -2.31. The molecule has 2 aromatic rings. The molecule has 0 spiro atoms. The van der Waals surface area contributed by atoms with Crippen LogP contribution in [0.4, 0.5) is 0 Å². The summed E-state index contributed by atoms with van der Waals surface area (Å²) in [7, 11) is 0. The van der Waals surface area contributed by atoms with Gasteiger partial charge < -0.3 is 18.9 Å². The van der Waals surface area contributed by atoms with E-state index in [0.717, 1.165) is 59.2 Å². The molecule has 186 valence electrons. The molecule has 2 aliphatic rings. The highest BCUT2D eigenvalue weighted by atomic mass is 16.6. The Labute approximate surface area is 206 Å². The van der Waals surface area contributed by atoms with E-state index in [2.05, 4.69) is 39.1 Å². The minimum absolute atomic E-state index is 0.00661. The highest BCUT2D eigenvalue weighted by molar-refractivity contribution is 5.99. The monoisotopic (exact) mass is 478 g/mol.